The largest absolute Gasteiger partial charge is 0.480 e. The Labute approximate surface area is 162 Å². The molecule has 0 spiro atoms. The standard InChI is InChI=1S/C20H24F2N2O4/c1-12(25)24(11-19(26)27)14-3-2-7-23(8-6-14)20(28)16-10-15(16)13-4-5-17(21)18(22)9-13/h4-5,9,14-16H,2-3,6-8,10-11H2,1H3,(H,26,27). The van der Waals surface area contributed by atoms with Crippen molar-refractivity contribution >= 4 is 17.8 Å². The molecule has 1 aromatic carbocycles. The molecule has 1 aliphatic heterocycles. The van der Waals surface area contributed by atoms with E-state index in [1.165, 1.54) is 17.9 Å². The second kappa shape index (κ2) is 8.24. The van der Waals surface area contributed by atoms with Gasteiger partial charge >= 0.3 is 5.97 Å². The van der Waals surface area contributed by atoms with Gasteiger partial charge in [-0.3, -0.25) is 14.4 Å². The maximum atomic E-state index is 13.4. The molecule has 1 saturated carbocycles. The number of hydrogen-bond acceptors (Lipinski definition) is 3. The summed E-state index contributed by atoms with van der Waals surface area (Å²) >= 11 is 0. The van der Waals surface area contributed by atoms with Gasteiger partial charge in [0.25, 0.3) is 0 Å². The predicted octanol–water partition coefficient (Wildman–Crippen LogP) is 2.38. The Morgan fingerprint density at radius 2 is 1.93 bits per heavy atom. The zero-order valence-electron chi connectivity index (χ0n) is 15.7. The molecule has 0 bridgehead atoms. The molecule has 3 atom stereocenters. The van der Waals surface area contributed by atoms with Crippen LogP contribution in [0, 0.1) is 17.6 Å². The summed E-state index contributed by atoms with van der Waals surface area (Å²) in [5, 5.41) is 9.02. The first-order valence-electron chi connectivity index (χ1n) is 9.50. The lowest BCUT2D eigenvalue weighted by molar-refractivity contribution is -0.145. The van der Waals surface area contributed by atoms with Gasteiger partial charge in [-0.2, -0.15) is 0 Å². The van der Waals surface area contributed by atoms with Crippen molar-refractivity contribution in [2.75, 3.05) is 19.6 Å². The number of rotatable bonds is 5. The van der Waals surface area contributed by atoms with Gasteiger partial charge in [0.2, 0.25) is 11.8 Å². The molecule has 2 fully saturated rings. The Bertz CT molecular complexity index is 785. The van der Waals surface area contributed by atoms with Gasteiger partial charge in [0, 0.05) is 32.0 Å². The fraction of sp³-hybridized carbons (Fsp3) is 0.550. The molecule has 152 valence electrons. The van der Waals surface area contributed by atoms with Crippen LogP contribution >= 0.6 is 0 Å². The monoisotopic (exact) mass is 394 g/mol. The highest BCUT2D eigenvalue weighted by molar-refractivity contribution is 5.83. The van der Waals surface area contributed by atoms with E-state index in [1.807, 2.05) is 0 Å². The van der Waals surface area contributed by atoms with Crippen molar-refractivity contribution in [2.24, 2.45) is 5.92 Å². The number of nitrogens with zero attached hydrogens (tertiary/aromatic N) is 2. The second-order valence-electron chi connectivity index (χ2n) is 7.57. The lowest BCUT2D eigenvalue weighted by Crippen LogP contribution is -2.43. The van der Waals surface area contributed by atoms with Crippen molar-refractivity contribution in [2.45, 2.75) is 44.6 Å². The van der Waals surface area contributed by atoms with Gasteiger partial charge < -0.3 is 14.9 Å². The Balaban J connectivity index is 1.59. The molecule has 2 aliphatic rings. The van der Waals surface area contributed by atoms with Crippen LogP contribution in [0.25, 0.3) is 0 Å². The van der Waals surface area contributed by atoms with Crippen molar-refractivity contribution in [1.29, 1.82) is 0 Å². The minimum absolute atomic E-state index is 0.0111. The second-order valence-corrected chi connectivity index (χ2v) is 7.57. The van der Waals surface area contributed by atoms with Crippen LogP contribution in [0.1, 0.15) is 44.1 Å². The number of hydrogen-bond donors (Lipinski definition) is 1. The Morgan fingerprint density at radius 3 is 2.57 bits per heavy atom. The van der Waals surface area contributed by atoms with E-state index >= 15 is 0 Å². The number of carbonyl (C=O) groups is 3. The molecule has 3 unspecified atom stereocenters. The molecule has 8 heteroatoms. The summed E-state index contributed by atoms with van der Waals surface area (Å²) in [6.45, 7) is 2.02. The summed E-state index contributed by atoms with van der Waals surface area (Å²) in [4.78, 5) is 38.8. The van der Waals surface area contributed by atoms with E-state index in [2.05, 4.69) is 0 Å². The van der Waals surface area contributed by atoms with Gasteiger partial charge in [-0.25, -0.2) is 8.78 Å². The molecule has 1 aromatic rings. The first kappa shape index (κ1) is 20.2. The van der Waals surface area contributed by atoms with Crippen LogP contribution in [0.5, 0.6) is 0 Å². The van der Waals surface area contributed by atoms with E-state index < -0.39 is 17.6 Å². The van der Waals surface area contributed by atoms with Crippen LogP contribution in [0.4, 0.5) is 8.78 Å². The van der Waals surface area contributed by atoms with Crippen molar-refractivity contribution < 1.29 is 28.3 Å². The number of halogens is 2. The molecule has 3 rings (SSSR count). The Kier molecular flexibility index (Phi) is 5.96. The van der Waals surface area contributed by atoms with Crippen LogP contribution in [0.3, 0.4) is 0 Å². The summed E-state index contributed by atoms with van der Waals surface area (Å²) in [6, 6.07) is 3.56. The summed E-state index contributed by atoms with van der Waals surface area (Å²) in [5.74, 6) is -3.49. The maximum absolute atomic E-state index is 13.4. The van der Waals surface area contributed by atoms with Crippen molar-refractivity contribution in [1.82, 2.24) is 9.80 Å². The van der Waals surface area contributed by atoms with E-state index in [-0.39, 0.29) is 36.2 Å². The average Bonchev–Trinajstić information content (AvgIpc) is 3.44. The zero-order chi connectivity index (χ0) is 20.4. The SMILES string of the molecule is CC(=O)N(CC(=O)O)C1CCCN(C(=O)C2CC2c2ccc(F)c(F)c2)CC1. The molecule has 6 nitrogen and oxygen atoms in total. The maximum Gasteiger partial charge on any atom is 0.323 e. The zero-order valence-corrected chi connectivity index (χ0v) is 15.7. The third kappa shape index (κ3) is 4.48. The van der Waals surface area contributed by atoms with E-state index in [0.29, 0.717) is 44.3 Å². The third-order valence-corrected chi connectivity index (χ3v) is 5.64. The first-order valence-corrected chi connectivity index (χ1v) is 9.50. The van der Waals surface area contributed by atoms with Crippen LogP contribution < -0.4 is 0 Å². The van der Waals surface area contributed by atoms with E-state index in [4.69, 9.17) is 5.11 Å². The quantitative estimate of drug-likeness (QED) is 0.832. The summed E-state index contributed by atoms with van der Waals surface area (Å²) in [6.07, 6.45) is 2.47. The smallest absolute Gasteiger partial charge is 0.323 e. The Morgan fingerprint density at radius 1 is 1.18 bits per heavy atom. The third-order valence-electron chi connectivity index (χ3n) is 5.64. The van der Waals surface area contributed by atoms with Gasteiger partial charge in [0.1, 0.15) is 6.54 Å². The number of amides is 2. The Hall–Kier alpha value is -2.51. The molecule has 1 saturated heterocycles. The highest BCUT2D eigenvalue weighted by Crippen LogP contribution is 2.48. The number of carboxylic acids is 1. The normalized spacial score (nSPS) is 24.4. The highest BCUT2D eigenvalue weighted by atomic mass is 19.2. The minimum atomic E-state index is -1.06. The van der Waals surface area contributed by atoms with E-state index in [1.54, 1.807) is 4.90 Å². The lowest BCUT2D eigenvalue weighted by atomic mass is 10.1. The first-order chi connectivity index (χ1) is 13.3. The number of likely N-dealkylation sites (tertiary alicyclic amines) is 1. The molecule has 1 N–H and O–H groups in total. The number of carbonyl (C=O) groups excluding carboxylic acids is 2. The van der Waals surface area contributed by atoms with Crippen molar-refractivity contribution in [3.63, 3.8) is 0 Å². The summed E-state index contributed by atoms with van der Waals surface area (Å²) in [7, 11) is 0. The molecule has 1 aliphatic carbocycles. The number of carboxylic acid groups (broad SMARTS) is 1. The molecular formula is C20H24F2N2O4. The lowest BCUT2D eigenvalue weighted by Gasteiger charge is -2.29. The molecular weight excluding hydrogens is 370 g/mol. The fourth-order valence-corrected chi connectivity index (χ4v) is 4.07. The van der Waals surface area contributed by atoms with Crippen LogP contribution in [0.15, 0.2) is 18.2 Å². The van der Waals surface area contributed by atoms with E-state index in [0.717, 1.165) is 12.1 Å². The molecule has 28 heavy (non-hydrogen) atoms. The molecule has 0 radical (unpaired) electrons. The average molecular weight is 394 g/mol. The molecule has 2 amide bonds. The van der Waals surface area contributed by atoms with Gasteiger partial charge in [-0.1, -0.05) is 6.07 Å². The topological polar surface area (TPSA) is 77.9 Å². The predicted molar refractivity (Wildman–Crippen MR) is 96.4 cm³/mol. The van der Waals surface area contributed by atoms with Gasteiger partial charge in [0.15, 0.2) is 11.6 Å². The van der Waals surface area contributed by atoms with Crippen molar-refractivity contribution in [3.8, 4) is 0 Å². The van der Waals surface area contributed by atoms with E-state index in [9.17, 15) is 23.2 Å². The van der Waals surface area contributed by atoms with Gasteiger partial charge in [-0.05, 0) is 49.3 Å². The highest BCUT2D eigenvalue weighted by Gasteiger charge is 2.46. The molecule has 0 aromatic heterocycles. The van der Waals surface area contributed by atoms with Crippen molar-refractivity contribution in [3.05, 3.63) is 35.4 Å². The minimum Gasteiger partial charge on any atom is -0.480 e. The van der Waals surface area contributed by atoms with Crippen LogP contribution in [0.2, 0.25) is 0 Å². The number of benzene rings is 1. The van der Waals surface area contributed by atoms with Crippen LogP contribution in [-0.2, 0) is 14.4 Å². The summed E-state index contributed by atoms with van der Waals surface area (Å²) < 4.78 is 26.5. The number of aliphatic carboxylic acids is 1. The van der Waals surface area contributed by atoms with Gasteiger partial charge in [-0.15, -0.1) is 0 Å². The fourth-order valence-electron chi connectivity index (χ4n) is 4.07. The van der Waals surface area contributed by atoms with Crippen LogP contribution in [-0.4, -0.2) is 58.4 Å². The van der Waals surface area contributed by atoms with Gasteiger partial charge in [0.05, 0.1) is 0 Å². The molecule has 1 heterocycles. The summed E-state index contributed by atoms with van der Waals surface area (Å²) in [5.41, 5.74) is 0.633.